The minimum Gasteiger partial charge on any atom is -0.450 e. The molecule has 3 aliphatic rings. The Labute approximate surface area is 143 Å². The fraction of sp³-hybridized carbons (Fsp3) is 0.882. The highest BCUT2D eigenvalue weighted by Crippen LogP contribution is 2.39. The molecule has 0 aromatic rings. The van der Waals surface area contributed by atoms with Gasteiger partial charge in [-0.1, -0.05) is 6.42 Å². The van der Waals surface area contributed by atoms with Crippen LogP contribution in [-0.4, -0.2) is 61.9 Å². The number of hydrogen-bond donors (Lipinski definition) is 3. The molecular weight excluding hydrogens is 308 g/mol. The van der Waals surface area contributed by atoms with Crippen LogP contribution in [0.5, 0.6) is 0 Å². The number of carbonyl (C=O) groups is 2. The van der Waals surface area contributed by atoms with Gasteiger partial charge in [-0.15, -0.1) is 0 Å². The lowest BCUT2D eigenvalue weighted by atomic mass is 9.73. The number of likely N-dealkylation sites (tertiary alicyclic amines) is 1. The van der Waals surface area contributed by atoms with Crippen LogP contribution in [0.1, 0.15) is 39.0 Å². The molecule has 3 N–H and O–H groups in total. The summed E-state index contributed by atoms with van der Waals surface area (Å²) < 4.78 is 4.77. The quantitative estimate of drug-likeness (QED) is 0.638. The third-order valence-corrected chi connectivity index (χ3v) is 5.42. The Bertz CT molecular complexity index is 441. The highest BCUT2D eigenvalue weighted by atomic mass is 16.5. The molecule has 1 saturated heterocycles. The summed E-state index contributed by atoms with van der Waals surface area (Å²) in [5.74, 6) is 1.17. The normalized spacial score (nSPS) is 29.6. The van der Waals surface area contributed by atoms with E-state index in [1.807, 2.05) is 0 Å². The van der Waals surface area contributed by atoms with Gasteiger partial charge in [-0.05, 0) is 44.4 Å². The number of alkyl carbamates (subject to hydrolysis) is 1. The van der Waals surface area contributed by atoms with Gasteiger partial charge in [0.05, 0.1) is 6.61 Å². The maximum Gasteiger partial charge on any atom is 0.407 e. The Hall–Kier alpha value is -1.50. The third-order valence-electron chi connectivity index (χ3n) is 5.42. The lowest BCUT2D eigenvalue weighted by molar-refractivity contribution is 0.0464. The fourth-order valence-corrected chi connectivity index (χ4v) is 4.17. The monoisotopic (exact) mass is 338 g/mol. The second kappa shape index (κ2) is 8.05. The van der Waals surface area contributed by atoms with Crippen LogP contribution in [0.2, 0.25) is 0 Å². The van der Waals surface area contributed by atoms with Gasteiger partial charge in [-0.25, -0.2) is 9.59 Å². The van der Waals surface area contributed by atoms with Crippen molar-refractivity contribution in [2.45, 2.75) is 51.1 Å². The van der Waals surface area contributed by atoms with Crippen molar-refractivity contribution < 1.29 is 14.3 Å². The first-order valence-corrected chi connectivity index (χ1v) is 9.36. The molecule has 2 atom stereocenters. The van der Waals surface area contributed by atoms with Gasteiger partial charge < -0.3 is 20.7 Å². The van der Waals surface area contributed by atoms with Crippen molar-refractivity contribution in [1.82, 2.24) is 20.9 Å². The van der Waals surface area contributed by atoms with Gasteiger partial charge in [-0.3, -0.25) is 4.90 Å². The van der Waals surface area contributed by atoms with Gasteiger partial charge in [0.2, 0.25) is 0 Å². The lowest BCUT2D eigenvalue weighted by Crippen LogP contribution is -2.60. The molecule has 24 heavy (non-hydrogen) atoms. The smallest absolute Gasteiger partial charge is 0.407 e. The minimum atomic E-state index is -0.443. The molecule has 2 saturated carbocycles. The summed E-state index contributed by atoms with van der Waals surface area (Å²) in [5.41, 5.74) is 0. The molecule has 7 nitrogen and oxygen atoms in total. The molecule has 2 unspecified atom stereocenters. The van der Waals surface area contributed by atoms with E-state index in [1.54, 1.807) is 6.92 Å². The summed E-state index contributed by atoms with van der Waals surface area (Å²) in [6.07, 6.45) is 5.99. The number of amides is 3. The van der Waals surface area contributed by atoms with Crippen molar-refractivity contribution >= 4 is 12.1 Å². The average Bonchev–Trinajstić information content (AvgIpc) is 3.36. The van der Waals surface area contributed by atoms with E-state index in [-0.39, 0.29) is 6.03 Å². The van der Waals surface area contributed by atoms with Crippen LogP contribution in [0.15, 0.2) is 0 Å². The molecule has 0 aromatic heterocycles. The highest BCUT2D eigenvalue weighted by molar-refractivity contribution is 5.74. The summed E-state index contributed by atoms with van der Waals surface area (Å²) in [5, 5.41) is 8.62. The van der Waals surface area contributed by atoms with Crippen LogP contribution < -0.4 is 16.0 Å². The van der Waals surface area contributed by atoms with E-state index >= 15 is 0 Å². The summed E-state index contributed by atoms with van der Waals surface area (Å²) in [4.78, 5) is 26.0. The zero-order valence-electron chi connectivity index (χ0n) is 14.6. The summed E-state index contributed by atoms with van der Waals surface area (Å²) in [6.45, 7) is 5.16. The lowest BCUT2D eigenvalue weighted by Gasteiger charge is -2.47. The van der Waals surface area contributed by atoms with E-state index in [0.29, 0.717) is 37.6 Å². The number of piperidine rings is 1. The number of carbonyl (C=O) groups excluding carboxylic acids is 2. The van der Waals surface area contributed by atoms with Crippen molar-refractivity contribution in [3.05, 3.63) is 0 Å². The fourth-order valence-electron chi connectivity index (χ4n) is 4.17. The molecule has 136 valence electrons. The Balaban J connectivity index is 1.38. The number of nitrogens with zero attached hydrogens (tertiary/aromatic N) is 1. The van der Waals surface area contributed by atoms with Gasteiger partial charge in [0.25, 0.3) is 0 Å². The molecule has 7 heteroatoms. The second-order valence-electron chi connectivity index (χ2n) is 7.21. The summed E-state index contributed by atoms with van der Waals surface area (Å²) in [6, 6.07) is 0.992. The molecule has 2 aliphatic carbocycles. The van der Waals surface area contributed by atoms with Crippen LogP contribution in [0, 0.1) is 11.8 Å². The van der Waals surface area contributed by atoms with Crippen molar-refractivity contribution in [2.24, 2.45) is 11.8 Å². The Morgan fingerprint density at radius 1 is 1.04 bits per heavy atom. The van der Waals surface area contributed by atoms with Crippen molar-refractivity contribution in [1.29, 1.82) is 0 Å². The molecule has 0 aromatic carbocycles. The first-order chi connectivity index (χ1) is 11.7. The topological polar surface area (TPSA) is 82.7 Å². The van der Waals surface area contributed by atoms with E-state index < -0.39 is 6.09 Å². The number of fused-ring (bicyclic) bond motifs is 2. The maximum atomic E-state index is 12.2. The van der Waals surface area contributed by atoms with Gasteiger partial charge in [0, 0.05) is 38.3 Å². The number of urea groups is 1. The molecule has 3 amide bonds. The highest BCUT2D eigenvalue weighted by Gasteiger charge is 2.43. The maximum absolute atomic E-state index is 12.2. The van der Waals surface area contributed by atoms with Crippen LogP contribution in [0.3, 0.4) is 0 Å². The number of ether oxygens (including phenoxy) is 1. The number of hydrogen-bond acceptors (Lipinski definition) is 4. The molecule has 2 bridgehead atoms. The van der Waals surface area contributed by atoms with Gasteiger partial charge in [0.1, 0.15) is 0 Å². The molecule has 1 aliphatic heterocycles. The number of rotatable bonds is 6. The molecule has 1 heterocycles. The van der Waals surface area contributed by atoms with E-state index in [0.717, 1.165) is 19.1 Å². The molecule has 3 fully saturated rings. The molecule has 3 rings (SSSR count). The van der Waals surface area contributed by atoms with Crippen LogP contribution in [0.4, 0.5) is 9.59 Å². The minimum absolute atomic E-state index is 0.123. The van der Waals surface area contributed by atoms with Crippen molar-refractivity contribution in [2.75, 3.05) is 32.8 Å². The van der Waals surface area contributed by atoms with Crippen LogP contribution in [0.25, 0.3) is 0 Å². The van der Waals surface area contributed by atoms with Gasteiger partial charge in [0.15, 0.2) is 0 Å². The van der Waals surface area contributed by atoms with Gasteiger partial charge >= 0.3 is 12.1 Å². The van der Waals surface area contributed by atoms with E-state index in [4.69, 9.17) is 4.74 Å². The Morgan fingerprint density at radius 3 is 2.33 bits per heavy atom. The summed E-state index contributed by atoms with van der Waals surface area (Å²) in [7, 11) is 0. The Morgan fingerprint density at radius 2 is 1.71 bits per heavy atom. The molecule has 0 spiro atoms. The second-order valence-corrected chi connectivity index (χ2v) is 7.21. The van der Waals surface area contributed by atoms with Crippen molar-refractivity contribution in [3.8, 4) is 0 Å². The average molecular weight is 338 g/mol. The Kier molecular flexibility index (Phi) is 5.81. The van der Waals surface area contributed by atoms with E-state index in [1.165, 1.54) is 32.1 Å². The van der Waals surface area contributed by atoms with Gasteiger partial charge in [-0.2, -0.15) is 0 Å². The van der Waals surface area contributed by atoms with Crippen molar-refractivity contribution in [3.63, 3.8) is 0 Å². The first-order valence-electron chi connectivity index (χ1n) is 9.36. The predicted octanol–water partition coefficient (Wildman–Crippen LogP) is 1.29. The van der Waals surface area contributed by atoms with Crippen LogP contribution in [-0.2, 0) is 4.74 Å². The summed E-state index contributed by atoms with van der Waals surface area (Å²) >= 11 is 0. The first kappa shape index (κ1) is 17.3. The van der Waals surface area contributed by atoms with E-state index in [9.17, 15) is 9.59 Å². The molecular formula is C17H30N4O3. The predicted molar refractivity (Wildman–Crippen MR) is 90.8 cm³/mol. The van der Waals surface area contributed by atoms with E-state index in [2.05, 4.69) is 20.9 Å². The number of nitrogens with one attached hydrogen (secondary N) is 3. The standard InChI is InChI=1S/C17H30N4O3/c1-2-24-17(23)19-9-8-18-16(22)20-15-12-4-3-5-13(15)11-21(10-12)14-6-7-14/h12-15H,2-11H2,1H3,(H,19,23)(H2,18,20,22). The third kappa shape index (κ3) is 4.53. The zero-order valence-corrected chi connectivity index (χ0v) is 14.6. The molecule has 0 radical (unpaired) electrons. The SMILES string of the molecule is CCOC(=O)NCCNC(=O)NC1C2CCCC1CN(C1CC1)C2. The van der Waals surface area contributed by atoms with Crippen LogP contribution >= 0.6 is 0 Å². The largest absolute Gasteiger partial charge is 0.450 e. The zero-order chi connectivity index (χ0) is 16.9.